The molecule has 0 aliphatic carbocycles. The van der Waals surface area contributed by atoms with E-state index in [0.29, 0.717) is 24.5 Å². The van der Waals surface area contributed by atoms with E-state index < -0.39 is 0 Å². The van der Waals surface area contributed by atoms with Gasteiger partial charge >= 0.3 is 5.97 Å². The molecule has 0 amide bonds. The zero-order valence-electron chi connectivity index (χ0n) is 13.4. The molecule has 0 unspecified atom stereocenters. The number of unbranched alkanes of at least 4 members (excludes halogenated alkanes) is 2. The van der Waals surface area contributed by atoms with E-state index in [1.54, 1.807) is 6.07 Å². The second kappa shape index (κ2) is 10.2. The molecule has 0 fully saturated rings. The number of hydrogen-bond donors (Lipinski definition) is 0. The number of esters is 1. The summed E-state index contributed by atoms with van der Waals surface area (Å²) in [6.07, 6.45) is 4.03. The molecule has 118 valence electrons. The Bertz CT molecular complexity index is 418. The Hall–Kier alpha value is -1.55. The van der Waals surface area contributed by atoms with Crippen molar-refractivity contribution in [3.8, 4) is 5.75 Å². The van der Waals surface area contributed by atoms with Gasteiger partial charge in [-0.15, -0.1) is 0 Å². The maximum absolute atomic E-state index is 12.1. The summed E-state index contributed by atoms with van der Waals surface area (Å²) < 4.78 is 11.0. The summed E-state index contributed by atoms with van der Waals surface area (Å²) in [5.74, 6) is 0.311. The smallest absolute Gasteiger partial charge is 0.341 e. The fraction of sp³-hybridized carbons (Fsp3) is 0.588. The van der Waals surface area contributed by atoms with Gasteiger partial charge < -0.3 is 14.4 Å². The Morgan fingerprint density at radius 3 is 2.57 bits per heavy atom. The fourth-order valence-electron chi connectivity index (χ4n) is 1.92. The number of ether oxygens (including phenoxy) is 2. The molecule has 0 aromatic heterocycles. The Morgan fingerprint density at radius 2 is 1.86 bits per heavy atom. The Labute approximate surface area is 128 Å². The van der Waals surface area contributed by atoms with Gasteiger partial charge in [-0.25, -0.2) is 4.79 Å². The molecule has 0 N–H and O–H groups in total. The molecule has 0 saturated carbocycles. The molecule has 1 rings (SSSR count). The predicted octanol–water partition coefficient (Wildman–Crippen LogP) is 3.36. The minimum Gasteiger partial charge on any atom is -0.493 e. The van der Waals surface area contributed by atoms with E-state index >= 15 is 0 Å². The van der Waals surface area contributed by atoms with Crippen LogP contribution in [0.15, 0.2) is 24.3 Å². The van der Waals surface area contributed by atoms with Gasteiger partial charge in [0.25, 0.3) is 0 Å². The Balaban J connectivity index is 2.47. The van der Waals surface area contributed by atoms with Gasteiger partial charge in [0.2, 0.25) is 0 Å². The zero-order chi connectivity index (χ0) is 15.5. The molecule has 1 aromatic rings. The quantitative estimate of drug-likeness (QED) is 0.490. The van der Waals surface area contributed by atoms with Crippen LogP contribution in [0.5, 0.6) is 5.75 Å². The largest absolute Gasteiger partial charge is 0.493 e. The van der Waals surface area contributed by atoms with E-state index in [9.17, 15) is 4.79 Å². The zero-order valence-corrected chi connectivity index (χ0v) is 13.4. The minimum atomic E-state index is -0.297. The van der Waals surface area contributed by atoms with Crippen molar-refractivity contribution in [2.24, 2.45) is 0 Å². The number of para-hydroxylation sites is 1. The molecule has 0 atom stereocenters. The van der Waals surface area contributed by atoms with Crippen LogP contribution < -0.4 is 4.74 Å². The van der Waals surface area contributed by atoms with E-state index in [4.69, 9.17) is 9.47 Å². The maximum Gasteiger partial charge on any atom is 0.341 e. The number of carbonyl (C=O) groups excluding carboxylic acids is 1. The van der Waals surface area contributed by atoms with Crippen LogP contribution in [0.25, 0.3) is 0 Å². The van der Waals surface area contributed by atoms with E-state index in [1.807, 2.05) is 32.3 Å². The van der Waals surface area contributed by atoms with Crippen LogP contribution in [0.1, 0.15) is 43.0 Å². The van der Waals surface area contributed by atoms with Crippen molar-refractivity contribution in [2.75, 3.05) is 33.9 Å². The van der Waals surface area contributed by atoms with Gasteiger partial charge in [0.05, 0.1) is 13.2 Å². The molecule has 1 aromatic carbocycles. The first-order valence-corrected chi connectivity index (χ1v) is 7.68. The number of benzene rings is 1. The molecular weight excluding hydrogens is 266 g/mol. The first kappa shape index (κ1) is 17.5. The van der Waals surface area contributed by atoms with Crippen LogP contribution in [0, 0.1) is 0 Å². The SMILES string of the molecule is CCCCCOC(=O)c1ccccc1OCCCN(C)C. The van der Waals surface area contributed by atoms with Gasteiger partial charge in [-0.2, -0.15) is 0 Å². The average molecular weight is 293 g/mol. The molecule has 0 aliphatic rings. The molecular formula is C17H27NO3. The fourth-order valence-corrected chi connectivity index (χ4v) is 1.92. The van der Waals surface area contributed by atoms with Gasteiger partial charge in [-0.3, -0.25) is 0 Å². The van der Waals surface area contributed by atoms with Gasteiger partial charge in [0, 0.05) is 6.54 Å². The lowest BCUT2D eigenvalue weighted by atomic mass is 10.2. The molecule has 0 bridgehead atoms. The minimum absolute atomic E-state index is 0.297. The van der Waals surface area contributed by atoms with Crippen molar-refractivity contribution >= 4 is 5.97 Å². The van der Waals surface area contributed by atoms with Crippen LogP contribution in [-0.2, 0) is 4.74 Å². The van der Waals surface area contributed by atoms with Crippen LogP contribution in [0.4, 0.5) is 0 Å². The average Bonchev–Trinajstić information content (AvgIpc) is 2.48. The normalized spacial score (nSPS) is 10.7. The predicted molar refractivity (Wildman–Crippen MR) is 84.9 cm³/mol. The first-order valence-electron chi connectivity index (χ1n) is 7.68. The highest BCUT2D eigenvalue weighted by Crippen LogP contribution is 2.19. The highest BCUT2D eigenvalue weighted by atomic mass is 16.5. The van der Waals surface area contributed by atoms with E-state index in [-0.39, 0.29) is 5.97 Å². The molecule has 0 radical (unpaired) electrons. The number of nitrogens with zero attached hydrogens (tertiary/aromatic N) is 1. The van der Waals surface area contributed by atoms with E-state index in [1.165, 1.54) is 0 Å². The Kier molecular flexibility index (Phi) is 8.51. The van der Waals surface area contributed by atoms with Gasteiger partial charge in [0.15, 0.2) is 0 Å². The maximum atomic E-state index is 12.1. The van der Waals surface area contributed by atoms with Crippen molar-refractivity contribution in [1.82, 2.24) is 4.90 Å². The standard InChI is InChI=1S/C17H27NO3/c1-4-5-8-13-21-17(19)15-10-6-7-11-16(15)20-14-9-12-18(2)3/h6-7,10-11H,4-5,8-9,12-14H2,1-3H3. The third-order valence-electron chi connectivity index (χ3n) is 3.10. The van der Waals surface area contributed by atoms with Crippen LogP contribution >= 0.6 is 0 Å². The monoisotopic (exact) mass is 293 g/mol. The van der Waals surface area contributed by atoms with Crippen molar-refractivity contribution in [2.45, 2.75) is 32.6 Å². The molecule has 0 spiro atoms. The van der Waals surface area contributed by atoms with Crippen molar-refractivity contribution in [3.63, 3.8) is 0 Å². The van der Waals surface area contributed by atoms with Crippen molar-refractivity contribution in [1.29, 1.82) is 0 Å². The summed E-state index contributed by atoms with van der Waals surface area (Å²) in [5.41, 5.74) is 0.513. The molecule has 21 heavy (non-hydrogen) atoms. The summed E-state index contributed by atoms with van der Waals surface area (Å²) in [5, 5.41) is 0. The van der Waals surface area contributed by atoms with Crippen LogP contribution in [0.2, 0.25) is 0 Å². The lowest BCUT2D eigenvalue weighted by molar-refractivity contribution is 0.0493. The molecule has 0 aliphatic heterocycles. The first-order chi connectivity index (χ1) is 10.1. The number of rotatable bonds is 10. The number of carbonyl (C=O) groups is 1. The molecule has 4 heteroatoms. The van der Waals surface area contributed by atoms with Crippen molar-refractivity contribution < 1.29 is 14.3 Å². The summed E-state index contributed by atoms with van der Waals surface area (Å²) in [4.78, 5) is 14.2. The van der Waals surface area contributed by atoms with Gasteiger partial charge in [-0.05, 0) is 39.1 Å². The number of hydrogen-bond acceptors (Lipinski definition) is 4. The highest BCUT2D eigenvalue weighted by Gasteiger charge is 2.13. The highest BCUT2D eigenvalue weighted by molar-refractivity contribution is 5.92. The van der Waals surface area contributed by atoms with Gasteiger partial charge in [-0.1, -0.05) is 31.9 Å². The van der Waals surface area contributed by atoms with Crippen LogP contribution in [-0.4, -0.2) is 44.7 Å². The molecule has 0 heterocycles. The second-order valence-corrected chi connectivity index (χ2v) is 5.34. The second-order valence-electron chi connectivity index (χ2n) is 5.34. The van der Waals surface area contributed by atoms with Crippen LogP contribution in [0.3, 0.4) is 0 Å². The van der Waals surface area contributed by atoms with E-state index in [0.717, 1.165) is 32.2 Å². The van der Waals surface area contributed by atoms with Gasteiger partial charge in [0.1, 0.15) is 11.3 Å². The lowest BCUT2D eigenvalue weighted by Gasteiger charge is -2.13. The Morgan fingerprint density at radius 1 is 1.10 bits per heavy atom. The third-order valence-corrected chi connectivity index (χ3v) is 3.10. The molecule has 4 nitrogen and oxygen atoms in total. The van der Waals surface area contributed by atoms with E-state index in [2.05, 4.69) is 11.8 Å². The lowest BCUT2D eigenvalue weighted by Crippen LogP contribution is -2.16. The van der Waals surface area contributed by atoms with Crippen molar-refractivity contribution in [3.05, 3.63) is 29.8 Å². The third kappa shape index (κ3) is 7.14. The summed E-state index contributed by atoms with van der Waals surface area (Å²) >= 11 is 0. The topological polar surface area (TPSA) is 38.8 Å². The summed E-state index contributed by atoms with van der Waals surface area (Å²) in [7, 11) is 4.06. The molecule has 0 saturated heterocycles. The summed E-state index contributed by atoms with van der Waals surface area (Å²) in [6.45, 7) is 4.16. The summed E-state index contributed by atoms with van der Waals surface area (Å²) in [6, 6.07) is 7.27.